The summed E-state index contributed by atoms with van der Waals surface area (Å²) in [5.41, 5.74) is 1.11. The number of amides is 1. The van der Waals surface area contributed by atoms with Gasteiger partial charge in [0, 0.05) is 12.7 Å². The van der Waals surface area contributed by atoms with E-state index in [1.165, 1.54) is 25.3 Å². The Kier molecular flexibility index (Phi) is 7.09. The van der Waals surface area contributed by atoms with E-state index in [0.29, 0.717) is 35.2 Å². The molecule has 0 unspecified atom stereocenters. The van der Waals surface area contributed by atoms with E-state index < -0.39 is 11.6 Å². The number of pyridine rings is 1. The Morgan fingerprint density at radius 3 is 2.50 bits per heavy atom. The number of hydrogen-bond acceptors (Lipinski definition) is 5. The van der Waals surface area contributed by atoms with Crippen molar-refractivity contribution in [3.63, 3.8) is 0 Å². The second kappa shape index (κ2) is 10.2. The highest BCUT2D eigenvalue weighted by molar-refractivity contribution is 5.95. The lowest BCUT2D eigenvalue weighted by Crippen LogP contribution is -2.33. The third-order valence-corrected chi connectivity index (χ3v) is 6.37. The molecule has 1 saturated carbocycles. The van der Waals surface area contributed by atoms with E-state index in [9.17, 15) is 18.4 Å². The van der Waals surface area contributed by atoms with Crippen LogP contribution in [0.2, 0.25) is 0 Å². The minimum Gasteiger partial charge on any atom is -0.485 e. The van der Waals surface area contributed by atoms with Crippen molar-refractivity contribution in [1.29, 1.82) is 0 Å². The molecule has 34 heavy (non-hydrogen) atoms. The Balaban J connectivity index is 1.44. The van der Waals surface area contributed by atoms with Crippen LogP contribution in [0.25, 0.3) is 5.65 Å². The Morgan fingerprint density at radius 1 is 1.12 bits per heavy atom. The molecule has 1 amide bonds. The highest BCUT2D eigenvalue weighted by Gasteiger charge is 2.27. The second-order valence-electron chi connectivity index (χ2n) is 8.55. The van der Waals surface area contributed by atoms with Gasteiger partial charge in [0.2, 0.25) is 0 Å². The van der Waals surface area contributed by atoms with E-state index in [-0.39, 0.29) is 30.0 Å². The molecule has 3 aromatic rings. The van der Waals surface area contributed by atoms with Gasteiger partial charge in [0.1, 0.15) is 23.9 Å². The number of carbonyl (C=O) groups excluding carboxylic acids is 2. The Labute approximate surface area is 196 Å². The summed E-state index contributed by atoms with van der Waals surface area (Å²) in [5.74, 6) is -1.27. The summed E-state index contributed by atoms with van der Waals surface area (Å²) < 4.78 is 40.0. The lowest BCUT2D eigenvalue weighted by Gasteiger charge is -2.26. The van der Waals surface area contributed by atoms with Crippen molar-refractivity contribution in [2.45, 2.75) is 39.2 Å². The van der Waals surface area contributed by atoms with E-state index in [4.69, 9.17) is 9.47 Å². The monoisotopic (exact) mass is 471 g/mol. The first-order chi connectivity index (χ1) is 16.4. The van der Waals surface area contributed by atoms with Crippen LogP contribution in [0.4, 0.5) is 8.78 Å². The van der Waals surface area contributed by atoms with Crippen molar-refractivity contribution in [2.75, 3.05) is 13.7 Å². The number of carbonyl (C=O) groups is 2. The first-order valence-corrected chi connectivity index (χ1v) is 11.3. The van der Waals surface area contributed by atoms with Crippen LogP contribution in [0, 0.1) is 30.4 Å². The quantitative estimate of drug-likeness (QED) is 0.522. The number of esters is 1. The van der Waals surface area contributed by atoms with Crippen LogP contribution in [0.1, 0.15) is 47.4 Å². The number of nitrogens with zero attached hydrogens (tertiary/aromatic N) is 2. The number of halogens is 2. The number of aryl methyl sites for hydroxylation is 1. The summed E-state index contributed by atoms with van der Waals surface area (Å²) in [6.07, 6.45) is 4.90. The Bertz CT molecular complexity index is 1180. The van der Waals surface area contributed by atoms with Crippen molar-refractivity contribution < 1.29 is 27.8 Å². The van der Waals surface area contributed by atoms with Crippen LogP contribution < -0.4 is 10.1 Å². The lowest BCUT2D eigenvalue weighted by atomic mass is 9.82. The maximum absolute atomic E-state index is 13.9. The van der Waals surface area contributed by atoms with Gasteiger partial charge in [-0.15, -0.1) is 0 Å². The van der Waals surface area contributed by atoms with Crippen molar-refractivity contribution in [3.05, 3.63) is 65.1 Å². The predicted octanol–water partition coefficient (Wildman–Crippen LogP) is 4.21. The van der Waals surface area contributed by atoms with E-state index in [1.54, 1.807) is 29.7 Å². The van der Waals surface area contributed by atoms with Gasteiger partial charge < -0.3 is 14.8 Å². The number of imidazole rings is 1. The number of fused-ring (bicyclic) bond motifs is 1. The first kappa shape index (κ1) is 23.7. The molecule has 1 aliphatic rings. The molecule has 0 radical (unpaired) electrons. The van der Waals surface area contributed by atoms with Crippen LogP contribution in [-0.2, 0) is 16.1 Å². The maximum Gasteiger partial charge on any atom is 0.308 e. The topological polar surface area (TPSA) is 81.9 Å². The number of nitrogens with one attached hydrogen (secondary N) is 1. The van der Waals surface area contributed by atoms with E-state index >= 15 is 0 Å². The predicted molar refractivity (Wildman–Crippen MR) is 120 cm³/mol. The highest BCUT2D eigenvalue weighted by atomic mass is 19.1. The van der Waals surface area contributed by atoms with Crippen LogP contribution in [0.3, 0.4) is 0 Å². The van der Waals surface area contributed by atoms with Gasteiger partial charge in [-0.25, -0.2) is 13.8 Å². The zero-order chi connectivity index (χ0) is 24.2. The van der Waals surface area contributed by atoms with Gasteiger partial charge in [0.05, 0.1) is 24.3 Å². The second-order valence-corrected chi connectivity index (χ2v) is 8.55. The SMILES string of the molecule is COC(=O)C1CCC(CNC(=O)c2c(C)nc3c(OCc4c(F)cccc4F)cccn23)CC1. The van der Waals surface area contributed by atoms with Crippen molar-refractivity contribution >= 4 is 17.5 Å². The zero-order valence-corrected chi connectivity index (χ0v) is 19.1. The molecule has 7 nitrogen and oxygen atoms in total. The van der Waals surface area contributed by atoms with Crippen molar-refractivity contribution in [1.82, 2.24) is 14.7 Å². The van der Waals surface area contributed by atoms with Gasteiger partial charge in [-0.2, -0.15) is 0 Å². The van der Waals surface area contributed by atoms with E-state index in [2.05, 4.69) is 10.3 Å². The summed E-state index contributed by atoms with van der Waals surface area (Å²) in [6, 6.07) is 6.97. The van der Waals surface area contributed by atoms with Gasteiger partial charge in [-0.1, -0.05) is 6.07 Å². The van der Waals surface area contributed by atoms with Gasteiger partial charge >= 0.3 is 5.97 Å². The molecule has 0 bridgehead atoms. The van der Waals surface area contributed by atoms with Crippen LogP contribution in [0.15, 0.2) is 36.5 Å². The molecule has 0 atom stereocenters. The number of benzene rings is 1. The summed E-state index contributed by atoms with van der Waals surface area (Å²) in [6.45, 7) is 1.92. The molecule has 0 aliphatic heterocycles. The normalized spacial score (nSPS) is 18.0. The number of aromatic nitrogens is 2. The average Bonchev–Trinajstić information content (AvgIpc) is 3.18. The van der Waals surface area contributed by atoms with Crippen molar-refractivity contribution in [3.8, 4) is 5.75 Å². The van der Waals surface area contributed by atoms with Gasteiger partial charge in [-0.3, -0.25) is 14.0 Å². The van der Waals surface area contributed by atoms with Crippen LogP contribution >= 0.6 is 0 Å². The maximum atomic E-state index is 13.9. The third kappa shape index (κ3) is 4.88. The lowest BCUT2D eigenvalue weighted by molar-refractivity contribution is -0.146. The number of ether oxygens (including phenoxy) is 2. The molecule has 9 heteroatoms. The molecular weight excluding hydrogens is 444 g/mol. The van der Waals surface area contributed by atoms with E-state index in [0.717, 1.165) is 25.7 Å². The summed E-state index contributed by atoms with van der Waals surface area (Å²) >= 11 is 0. The summed E-state index contributed by atoms with van der Waals surface area (Å²) in [7, 11) is 1.40. The number of hydrogen-bond donors (Lipinski definition) is 1. The molecule has 2 aromatic heterocycles. The molecule has 2 heterocycles. The van der Waals surface area contributed by atoms with Crippen LogP contribution in [0.5, 0.6) is 5.75 Å². The first-order valence-electron chi connectivity index (χ1n) is 11.3. The average molecular weight is 472 g/mol. The van der Waals surface area contributed by atoms with Crippen LogP contribution in [-0.4, -0.2) is 34.9 Å². The molecule has 180 valence electrons. The third-order valence-electron chi connectivity index (χ3n) is 6.37. The summed E-state index contributed by atoms with van der Waals surface area (Å²) in [4.78, 5) is 29.2. The van der Waals surface area contributed by atoms with Crippen molar-refractivity contribution in [2.24, 2.45) is 11.8 Å². The zero-order valence-electron chi connectivity index (χ0n) is 19.1. The number of rotatable bonds is 7. The van der Waals surface area contributed by atoms with Gasteiger partial charge in [0.15, 0.2) is 11.4 Å². The molecule has 1 N–H and O–H groups in total. The number of methoxy groups -OCH3 is 1. The summed E-state index contributed by atoms with van der Waals surface area (Å²) in [5, 5.41) is 2.98. The minimum absolute atomic E-state index is 0.0609. The molecule has 0 spiro atoms. The molecular formula is C25H27F2N3O4. The fourth-order valence-corrected chi connectivity index (χ4v) is 4.45. The van der Waals surface area contributed by atoms with E-state index in [1.807, 2.05) is 0 Å². The minimum atomic E-state index is -0.688. The standard InChI is InChI=1S/C25H27F2N3O4/c1-15-22(24(31)28-13-16-8-10-17(11-9-16)25(32)33-2)30-12-4-7-21(23(30)29-15)34-14-18-19(26)5-3-6-20(18)27/h3-7,12,16-17H,8-11,13-14H2,1-2H3,(H,28,31). The Hall–Kier alpha value is -3.49. The molecule has 1 aliphatic carbocycles. The smallest absolute Gasteiger partial charge is 0.308 e. The largest absolute Gasteiger partial charge is 0.485 e. The fraction of sp³-hybridized carbons (Fsp3) is 0.400. The van der Waals surface area contributed by atoms with Gasteiger partial charge in [0.25, 0.3) is 5.91 Å². The highest BCUT2D eigenvalue weighted by Crippen LogP contribution is 2.29. The fourth-order valence-electron chi connectivity index (χ4n) is 4.45. The molecule has 4 rings (SSSR count). The van der Waals surface area contributed by atoms with Gasteiger partial charge in [-0.05, 0) is 62.8 Å². The molecule has 1 aromatic carbocycles. The molecule has 1 fully saturated rings. The Morgan fingerprint density at radius 2 is 1.82 bits per heavy atom. The molecule has 0 saturated heterocycles.